The predicted molar refractivity (Wildman–Crippen MR) is 107 cm³/mol. The van der Waals surface area contributed by atoms with Gasteiger partial charge in [0.1, 0.15) is 0 Å². The van der Waals surface area contributed by atoms with E-state index in [2.05, 4.69) is 59.8 Å². The zero-order valence-electron chi connectivity index (χ0n) is 15.2. The molecule has 0 radical (unpaired) electrons. The van der Waals surface area contributed by atoms with Crippen molar-refractivity contribution in [1.82, 2.24) is 15.6 Å². The molecule has 0 aliphatic heterocycles. The first kappa shape index (κ1) is 17.9. The van der Waals surface area contributed by atoms with Crippen molar-refractivity contribution in [2.24, 2.45) is 4.99 Å². The highest BCUT2D eigenvalue weighted by Crippen LogP contribution is 2.43. The van der Waals surface area contributed by atoms with Crippen molar-refractivity contribution in [1.29, 1.82) is 0 Å². The molecule has 1 aromatic heterocycles. The lowest BCUT2D eigenvalue weighted by Crippen LogP contribution is -2.42. The molecule has 0 saturated heterocycles. The van der Waals surface area contributed by atoms with E-state index in [4.69, 9.17) is 4.99 Å². The number of aliphatic imine (C=N–C) groups is 1. The number of aromatic nitrogens is 1. The van der Waals surface area contributed by atoms with Gasteiger partial charge in [-0.2, -0.15) is 0 Å². The van der Waals surface area contributed by atoms with Crippen molar-refractivity contribution in [2.45, 2.75) is 44.9 Å². The molecule has 25 heavy (non-hydrogen) atoms. The summed E-state index contributed by atoms with van der Waals surface area (Å²) in [5, 5.41) is 8.01. The van der Waals surface area contributed by atoms with Gasteiger partial charge in [0.15, 0.2) is 5.96 Å². The van der Waals surface area contributed by atoms with Crippen LogP contribution < -0.4 is 10.6 Å². The third-order valence-electron chi connectivity index (χ3n) is 4.88. The Bertz CT molecular complexity index is 689. The van der Waals surface area contributed by atoms with Crippen LogP contribution in [-0.2, 0) is 11.8 Å². The maximum absolute atomic E-state index is 4.90. The Morgan fingerprint density at radius 3 is 2.64 bits per heavy atom. The molecule has 1 saturated carbocycles. The van der Waals surface area contributed by atoms with Gasteiger partial charge in [-0.25, -0.2) is 4.98 Å². The first-order valence-corrected chi connectivity index (χ1v) is 10.0. The van der Waals surface area contributed by atoms with Crippen molar-refractivity contribution >= 4 is 17.3 Å². The molecule has 1 fully saturated rings. The zero-order chi connectivity index (χ0) is 17.5. The molecule has 1 heterocycles. The quantitative estimate of drug-likeness (QED) is 0.588. The van der Waals surface area contributed by atoms with Crippen LogP contribution in [0.5, 0.6) is 0 Å². The molecule has 0 amide bonds. The lowest BCUT2D eigenvalue weighted by molar-refractivity contribution is 0.253. The number of hydrogen-bond donors (Lipinski definition) is 2. The Morgan fingerprint density at radius 1 is 1.24 bits per heavy atom. The standard InChI is InChI=1S/C20H28N4S/c1-3-21-19(22-13-10-18-23-14-16(2)25-18)24-15-20(11-7-12-20)17-8-5-4-6-9-17/h4-6,8-9,14H,3,7,10-13,15H2,1-2H3,(H2,21,22,24). The van der Waals surface area contributed by atoms with E-state index >= 15 is 0 Å². The number of aryl methyl sites for hydroxylation is 1. The third-order valence-corrected chi connectivity index (χ3v) is 5.85. The molecule has 1 aromatic carbocycles. The molecule has 0 bridgehead atoms. The van der Waals surface area contributed by atoms with E-state index < -0.39 is 0 Å². The van der Waals surface area contributed by atoms with E-state index in [9.17, 15) is 0 Å². The van der Waals surface area contributed by atoms with E-state index in [1.165, 1.54) is 34.7 Å². The van der Waals surface area contributed by atoms with Crippen molar-refractivity contribution in [3.63, 3.8) is 0 Å². The monoisotopic (exact) mass is 356 g/mol. The second-order valence-electron chi connectivity index (χ2n) is 6.74. The number of thiazole rings is 1. The normalized spacial score (nSPS) is 16.3. The smallest absolute Gasteiger partial charge is 0.191 e. The molecule has 1 aliphatic rings. The predicted octanol–water partition coefficient (Wildman–Crippen LogP) is 3.67. The van der Waals surface area contributed by atoms with Crippen LogP contribution in [0, 0.1) is 6.92 Å². The Morgan fingerprint density at radius 2 is 2.04 bits per heavy atom. The van der Waals surface area contributed by atoms with Crippen molar-refractivity contribution in [2.75, 3.05) is 19.6 Å². The van der Waals surface area contributed by atoms with Gasteiger partial charge in [0, 0.05) is 36.0 Å². The number of rotatable bonds is 7. The van der Waals surface area contributed by atoms with Crippen LogP contribution in [0.25, 0.3) is 0 Å². The Hall–Kier alpha value is -1.88. The average molecular weight is 357 g/mol. The van der Waals surface area contributed by atoms with Crippen molar-refractivity contribution in [3.05, 3.63) is 52.0 Å². The molecule has 5 heteroatoms. The molecule has 2 aromatic rings. The number of nitrogens with zero attached hydrogens (tertiary/aromatic N) is 2. The molecule has 3 rings (SSSR count). The molecule has 0 atom stereocenters. The lowest BCUT2D eigenvalue weighted by atomic mass is 9.64. The summed E-state index contributed by atoms with van der Waals surface area (Å²) in [6.07, 6.45) is 6.65. The van der Waals surface area contributed by atoms with E-state index in [0.717, 1.165) is 32.0 Å². The van der Waals surface area contributed by atoms with Gasteiger partial charge in [0.05, 0.1) is 11.6 Å². The first-order chi connectivity index (χ1) is 12.2. The molecule has 0 unspecified atom stereocenters. The van der Waals surface area contributed by atoms with Gasteiger partial charge in [0.25, 0.3) is 0 Å². The fraction of sp³-hybridized carbons (Fsp3) is 0.500. The minimum Gasteiger partial charge on any atom is -0.357 e. The van der Waals surface area contributed by atoms with Crippen molar-refractivity contribution in [3.8, 4) is 0 Å². The van der Waals surface area contributed by atoms with E-state index in [0.29, 0.717) is 0 Å². The maximum Gasteiger partial charge on any atom is 0.191 e. The summed E-state index contributed by atoms with van der Waals surface area (Å²) in [5.74, 6) is 0.915. The van der Waals surface area contributed by atoms with Crippen LogP contribution in [0.4, 0.5) is 0 Å². The highest BCUT2D eigenvalue weighted by atomic mass is 32.1. The number of benzene rings is 1. The average Bonchev–Trinajstić information content (AvgIpc) is 3.00. The van der Waals surface area contributed by atoms with Crippen LogP contribution in [0.1, 0.15) is 41.6 Å². The molecular weight excluding hydrogens is 328 g/mol. The molecular formula is C20H28N4S. The van der Waals surface area contributed by atoms with Crippen LogP contribution in [0.3, 0.4) is 0 Å². The van der Waals surface area contributed by atoms with Crippen LogP contribution in [0.15, 0.2) is 41.5 Å². The van der Waals surface area contributed by atoms with Crippen LogP contribution >= 0.6 is 11.3 Å². The second kappa shape index (κ2) is 8.48. The van der Waals surface area contributed by atoms with Crippen LogP contribution in [-0.4, -0.2) is 30.6 Å². The van der Waals surface area contributed by atoms with Gasteiger partial charge in [-0.1, -0.05) is 36.8 Å². The van der Waals surface area contributed by atoms with Gasteiger partial charge >= 0.3 is 0 Å². The minimum atomic E-state index is 0.232. The fourth-order valence-corrected chi connectivity index (χ4v) is 4.10. The molecule has 134 valence electrons. The first-order valence-electron chi connectivity index (χ1n) is 9.21. The largest absolute Gasteiger partial charge is 0.357 e. The summed E-state index contributed by atoms with van der Waals surface area (Å²) in [6.45, 7) is 6.79. The van der Waals surface area contributed by atoms with E-state index in [1.807, 2.05) is 6.20 Å². The molecule has 2 N–H and O–H groups in total. The van der Waals surface area contributed by atoms with E-state index in [-0.39, 0.29) is 5.41 Å². The number of nitrogens with one attached hydrogen (secondary N) is 2. The minimum absolute atomic E-state index is 0.232. The summed E-state index contributed by atoms with van der Waals surface area (Å²) in [6, 6.07) is 10.9. The SMILES string of the molecule is CCNC(=NCC1(c2ccccc2)CCC1)NCCc1ncc(C)s1. The summed E-state index contributed by atoms with van der Waals surface area (Å²) in [7, 11) is 0. The highest BCUT2D eigenvalue weighted by molar-refractivity contribution is 7.11. The summed E-state index contributed by atoms with van der Waals surface area (Å²) in [5.41, 5.74) is 1.66. The van der Waals surface area contributed by atoms with Crippen LogP contribution in [0.2, 0.25) is 0 Å². The third kappa shape index (κ3) is 4.60. The fourth-order valence-electron chi connectivity index (χ4n) is 3.31. The number of hydrogen-bond acceptors (Lipinski definition) is 3. The summed E-state index contributed by atoms with van der Waals surface area (Å²) in [4.78, 5) is 10.6. The topological polar surface area (TPSA) is 49.3 Å². The highest BCUT2D eigenvalue weighted by Gasteiger charge is 2.38. The maximum atomic E-state index is 4.90. The van der Waals surface area contributed by atoms with Gasteiger partial charge in [0.2, 0.25) is 0 Å². The van der Waals surface area contributed by atoms with E-state index in [1.54, 1.807) is 11.3 Å². The zero-order valence-corrected chi connectivity index (χ0v) is 16.0. The van der Waals surface area contributed by atoms with Gasteiger partial charge in [-0.05, 0) is 32.3 Å². The molecule has 0 spiro atoms. The second-order valence-corrected chi connectivity index (χ2v) is 8.06. The Kier molecular flexibility index (Phi) is 6.08. The van der Waals surface area contributed by atoms with Crippen molar-refractivity contribution < 1.29 is 0 Å². The summed E-state index contributed by atoms with van der Waals surface area (Å²) >= 11 is 1.77. The van der Waals surface area contributed by atoms with Gasteiger partial charge in [-0.3, -0.25) is 4.99 Å². The molecule has 4 nitrogen and oxygen atoms in total. The summed E-state index contributed by atoms with van der Waals surface area (Å²) < 4.78 is 0. The van der Waals surface area contributed by atoms with Gasteiger partial charge < -0.3 is 10.6 Å². The van der Waals surface area contributed by atoms with Gasteiger partial charge in [-0.15, -0.1) is 11.3 Å². The molecule has 1 aliphatic carbocycles. The Labute approximate surface area is 154 Å². The Balaban J connectivity index is 1.59. The lowest BCUT2D eigenvalue weighted by Gasteiger charge is -2.41. The number of guanidine groups is 1.